The van der Waals surface area contributed by atoms with Crippen molar-refractivity contribution in [1.29, 1.82) is 0 Å². The average molecular weight is 461 g/mol. The molecule has 3 heterocycles. The van der Waals surface area contributed by atoms with E-state index in [0.29, 0.717) is 36.7 Å². The van der Waals surface area contributed by atoms with Crippen LogP contribution in [0.2, 0.25) is 0 Å². The number of furan rings is 1. The fraction of sp³-hybridized carbons (Fsp3) is 0.444. The summed E-state index contributed by atoms with van der Waals surface area (Å²) >= 11 is 0. The minimum Gasteiger partial charge on any atom is -0.463 e. The van der Waals surface area contributed by atoms with Crippen LogP contribution in [0.3, 0.4) is 0 Å². The molecule has 1 aliphatic heterocycles. The predicted octanol–water partition coefficient (Wildman–Crippen LogP) is 4.44. The minimum atomic E-state index is -1.03. The van der Waals surface area contributed by atoms with E-state index in [2.05, 4.69) is 22.5 Å². The van der Waals surface area contributed by atoms with Gasteiger partial charge in [-0.15, -0.1) is 0 Å². The smallest absolute Gasteiger partial charge is 0.273 e. The second-order valence-electron chi connectivity index (χ2n) is 9.68. The lowest BCUT2D eigenvalue weighted by molar-refractivity contribution is -0.133. The van der Waals surface area contributed by atoms with E-state index < -0.39 is 5.54 Å². The molecule has 5 rings (SSSR count). The quantitative estimate of drug-likeness (QED) is 0.552. The molecule has 3 aromatic rings. The molecule has 0 radical (unpaired) electrons. The van der Waals surface area contributed by atoms with E-state index in [0.717, 1.165) is 31.2 Å². The van der Waals surface area contributed by atoms with Gasteiger partial charge in [-0.2, -0.15) is 5.10 Å². The first kappa shape index (κ1) is 22.4. The summed E-state index contributed by atoms with van der Waals surface area (Å²) in [5, 5.41) is 7.92. The molecule has 0 unspecified atom stereocenters. The van der Waals surface area contributed by atoms with Gasteiger partial charge in [0.05, 0.1) is 12.8 Å². The van der Waals surface area contributed by atoms with E-state index >= 15 is 0 Å². The predicted molar refractivity (Wildman–Crippen MR) is 129 cm³/mol. The summed E-state index contributed by atoms with van der Waals surface area (Å²) in [5.41, 5.74) is 1.19. The van der Waals surface area contributed by atoms with Crippen molar-refractivity contribution in [2.45, 2.75) is 70.0 Å². The number of hydrogen-bond donors (Lipinski definition) is 1. The third kappa shape index (κ3) is 4.39. The fourth-order valence-electron chi connectivity index (χ4n) is 5.19. The maximum absolute atomic E-state index is 13.7. The van der Waals surface area contributed by atoms with Gasteiger partial charge in [-0.25, -0.2) is 0 Å². The highest BCUT2D eigenvalue weighted by molar-refractivity contribution is 6.00. The van der Waals surface area contributed by atoms with Gasteiger partial charge < -0.3 is 14.6 Å². The Kier molecular flexibility index (Phi) is 6.26. The third-order valence-electron chi connectivity index (χ3n) is 7.22. The normalized spacial score (nSPS) is 21.2. The van der Waals surface area contributed by atoms with Crippen molar-refractivity contribution in [3.63, 3.8) is 0 Å². The number of hydrogen-bond acceptors (Lipinski definition) is 4. The van der Waals surface area contributed by atoms with Crippen LogP contribution in [0.4, 0.5) is 0 Å². The number of carbonyl (C=O) groups excluding carboxylic acids is 2. The summed E-state index contributed by atoms with van der Waals surface area (Å²) < 4.78 is 7.17. The van der Waals surface area contributed by atoms with Crippen molar-refractivity contribution < 1.29 is 14.0 Å². The lowest BCUT2D eigenvalue weighted by Crippen LogP contribution is -2.65. The second-order valence-corrected chi connectivity index (χ2v) is 9.68. The Morgan fingerprint density at radius 2 is 1.88 bits per heavy atom. The molecule has 2 aliphatic rings. The largest absolute Gasteiger partial charge is 0.463 e. The van der Waals surface area contributed by atoms with Crippen molar-refractivity contribution in [2.24, 2.45) is 0 Å². The van der Waals surface area contributed by atoms with Crippen LogP contribution in [0.5, 0.6) is 0 Å². The molecule has 1 atom stereocenters. The first-order chi connectivity index (χ1) is 16.5. The molecule has 178 valence electrons. The van der Waals surface area contributed by atoms with Crippen LogP contribution >= 0.6 is 0 Å². The highest BCUT2D eigenvalue weighted by Crippen LogP contribution is 2.31. The fourth-order valence-corrected chi connectivity index (χ4v) is 5.19. The maximum atomic E-state index is 13.7. The third-order valence-corrected chi connectivity index (χ3v) is 7.22. The molecule has 2 aromatic heterocycles. The Balaban J connectivity index is 1.45. The molecular weight excluding hydrogens is 428 g/mol. The molecule has 7 nitrogen and oxygen atoms in total. The first-order valence-corrected chi connectivity index (χ1v) is 12.3. The van der Waals surface area contributed by atoms with Crippen LogP contribution in [0.1, 0.15) is 61.5 Å². The van der Waals surface area contributed by atoms with Crippen LogP contribution in [0.25, 0.3) is 11.5 Å². The molecule has 0 bridgehead atoms. The summed E-state index contributed by atoms with van der Waals surface area (Å²) in [6, 6.07) is 15.6. The van der Waals surface area contributed by atoms with Crippen LogP contribution < -0.4 is 5.32 Å². The van der Waals surface area contributed by atoms with E-state index in [4.69, 9.17) is 4.42 Å². The highest BCUT2D eigenvalue weighted by atomic mass is 16.3. The van der Waals surface area contributed by atoms with Crippen LogP contribution in [-0.2, 0) is 17.8 Å². The van der Waals surface area contributed by atoms with Crippen molar-refractivity contribution in [2.75, 3.05) is 6.54 Å². The molecule has 7 heteroatoms. The first-order valence-electron chi connectivity index (χ1n) is 12.3. The van der Waals surface area contributed by atoms with Gasteiger partial charge in [0.1, 0.15) is 16.9 Å². The standard InChI is InChI=1S/C27H32N4O3/c1-27(26(33)28-21-12-7-2-3-8-13-21)19-31-23(18-22(29-31)24-14-9-17-34-24)25(32)30(27)16-15-20-10-5-4-6-11-20/h4-6,9-11,14,17-18,21H,2-3,7-8,12-13,15-16,19H2,1H3,(H,28,33)/t27-/m0/s1. The molecule has 1 aromatic carbocycles. The van der Waals surface area contributed by atoms with E-state index in [-0.39, 0.29) is 17.9 Å². The van der Waals surface area contributed by atoms with Crippen molar-refractivity contribution in [3.05, 3.63) is 66.1 Å². The molecule has 1 fully saturated rings. The number of nitrogens with one attached hydrogen (secondary N) is 1. The number of aromatic nitrogens is 2. The van der Waals surface area contributed by atoms with Crippen molar-refractivity contribution in [3.8, 4) is 11.5 Å². The summed E-state index contributed by atoms with van der Waals surface area (Å²) in [7, 11) is 0. The van der Waals surface area contributed by atoms with Gasteiger partial charge in [-0.05, 0) is 43.9 Å². The molecule has 0 saturated heterocycles. The van der Waals surface area contributed by atoms with Crippen molar-refractivity contribution in [1.82, 2.24) is 20.0 Å². The SMILES string of the molecule is C[C@@]1(C(=O)NC2CCCCCC2)Cn2nc(-c3ccco3)cc2C(=O)N1CCc1ccccc1. The summed E-state index contributed by atoms with van der Waals surface area (Å²) in [6.07, 6.45) is 8.96. The van der Waals surface area contributed by atoms with Crippen LogP contribution in [0.15, 0.2) is 59.2 Å². The Labute approximate surface area is 200 Å². The van der Waals surface area contributed by atoms with E-state index in [1.165, 1.54) is 12.8 Å². The molecule has 1 saturated carbocycles. The molecule has 0 spiro atoms. The Morgan fingerprint density at radius 3 is 2.59 bits per heavy atom. The van der Waals surface area contributed by atoms with Gasteiger partial charge in [0, 0.05) is 18.7 Å². The maximum Gasteiger partial charge on any atom is 0.273 e. The van der Waals surface area contributed by atoms with Gasteiger partial charge in [-0.1, -0.05) is 56.0 Å². The lowest BCUT2D eigenvalue weighted by Gasteiger charge is -2.44. The van der Waals surface area contributed by atoms with E-state index in [9.17, 15) is 9.59 Å². The lowest BCUT2D eigenvalue weighted by atomic mass is 9.93. The van der Waals surface area contributed by atoms with Gasteiger partial charge in [0.25, 0.3) is 5.91 Å². The summed E-state index contributed by atoms with van der Waals surface area (Å²) in [6.45, 7) is 2.64. The zero-order valence-electron chi connectivity index (χ0n) is 19.7. The number of amides is 2. The van der Waals surface area contributed by atoms with Crippen LogP contribution in [-0.4, -0.2) is 44.6 Å². The Morgan fingerprint density at radius 1 is 1.12 bits per heavy atom. The van der Waals surface area contributed by atoms with Crippen LogP contribution in [0, 0.1) is 0 Å². The second kappa shape index (κ2) is 9.49. The molecule has 2 amide bonds. The molecule has 1 N–H and O–H groups in total. The zero-order chi connectivity index (χ0) is 23.5. The highest BCUT2D eigenvalue weighted by Gasteiger charge is 2.48. The topological polar surface area (TPSA) is 80.4 Å². The summed E-state index contributed by atoms with van der Waals surface area (Å²) in [4.78, 5) is 29.2. The van der Waals surface area contributed by atoms with E-state index in [1.54, 1.807) is 28.0 Å². The molecular formula is C27H32N4O3. The number of rotatable bonds is 6. The van der Waals surface area contributed by atoms with Gasteiger partial charge in [0.2, 0.25) is 5.91 Å². The number of carbonyl (C=O) groups is 2. The van der Waals surface area contributed by atoms with Gasteiger partial charge >= 0.3 is 0 Å². The number of fused-ring (bicyclic) bond motifs is 1. The number of nitrogens with zero attached hydrogens (tertiary/aromatic N) is 3. The van der Waals surface area contributed by atoms with E-state index in [1.807, 2.05) is 31.2 Å². The minimum absolute atomic E-state index is 0.0958. The monoisotopic (exact) mass is 460 g/mol. The Hall–Kier alpha value is -3.35. The zero-order valence-corrected chi connectivity index (χ0v) is 19.7. The average Bonchev–Trinajstić information content (AvgIpc) is 3.45. The molecule has 34 heavy (non-hydrogen) atoms. The molecule has 1 aliphatic carbocycles. The van der Waals surface area contributed by atoms with Gasteiger partial charge in [-0.3, -0.25) is 14.3 Å². The number of benzene rings is 1. The van der Waals surface area contributed by atoms with Gasteiger partial charge in [0.15, 0.2) is 5.76 Å². The Bertz CT molecular complexity index is 1130. The van der Waals surface area contributed by atoms with Crippen molar-refractivity contribution >= 4 is 11.8 Å². The summed E-state index contributed by atoms with van der Waals surface area (Å²) in [5.74, 6) is 0.336.